The molecule has 1 aliphatic heterocycles. The van der Waals surface area contributed by atoms with Gasteiger partial charge in [0, 0.05) is 0 Å². The van der Waals surface area contributed by atoms with Crippen LogP contribution < -0.4 is 0 Å². The highest BCUT2D eigenvalue weighted by Crippen LogP contribution is 2.32. The van der Waals surface area contributed by atoms with Gasteiger partial charge in [0.2, 0.25) is 0 Å². The summed E-state index contributed by atoms with van der Waals surface area (Å²) in [4.78, 5) is 25.3. The second-order valence-corrected chi connectivity index (χ2v) is 5.39. The maximum atomic E-state index is 12.1. The van der Waals surface area contributed by atoms with Crippen molar-refractivity contribution >= 4 is 12.0 Å². The largest absolute Gasteiger partial charge is 0.441 e. The summed E-state index contributed by atoms with van der Waals surface area (Å²) >= 11 is 0. The predicted molar refractivity (Wildman–Crippen MR) is 76.2 cm³/mol. The molecule has 4 nitrogen and oxygen atoms in total. The van der Waals surface area contributed by atoms with Crippen LogP contribution in [-0.2, 0) is 16.0 Å². The molecule has 1 saturated heterocycles. The Morgan fingerprint density at radius 2 is 2.00 bits per heavy atom. The molecule has 0 radical (unpaired) electrons. The van der Waals surface area contributed by atoms with E-state index >= 15 is 0 Å². The minimum Gasteiger partial charge on any atom is -0.441 e. The second-order valence-electron chi connectivity index (χ2n) is 5.39. The normalized spacial score (nSPS) is 21.2. The van der Waals surface area contributed by atoms with E-state index in [-0.39, 0.29) is 11.9 Å². The second kappa shape index (κ2) is 5.49. The third-order valence-electron chi connectivity index (χ3n) is 3.48. The Kier molecular flexibility index (Phi) is 3.93. The molecule has 0 aromatic heterocycles. The number of carbonyl (C=O) groups is 2. The van der Waals surface area contributed by atoms with Gasteiger partial charge < -0.3 is 4.74 Å². The third kappa shape index (κ3) is 2.74. The molecule has 20 heavy (non-hydrogen) atoms. The number of benzene rings is 1. The van der Waals surface area contributed by atoms with E-state index < -0.39 is 11.7 Å². The molecule has 1 aromatic carbocycles. The average molecular weight is 273 g/mol. The van der Waals surface area contributed by atoms with Gasteiger partial charge in [-0.25, -0.2) is 9.69 Å². The Balaban J connectivity index is 2.29. The maximum Gasteiger partial charge on any atom is 0.417 e. The SMILES string of the molecule is C/C=C/C(=O)N1C(=O)OC(C)(C)[C@@H]1Cc1ccccc1. The van der Waals surface area contributed by atoms with E-state index in [9.17, 15) is 9.59 Å². The van der Waals surface area contributed by atoms with Crippen molar-refractivity contribution in [3.8, 4) is 0 Å². The average Bonchev–Trinajstić information content (AvgIpc) is 2.60. The summed E-state index contributed by atoms with van der Waals surface area (Å²) in [5.74, 6) is -0.330. The van der Waals surface area contributed by atoms with Crippen LogP contribution in [0.4, 0.5) is 4.79 Å². The van der Waals surface area contributed by atoms with Crippen LogP contribution in [0, 0.1) is 0 Å². The molecule has 1 aliphatic rings. The lowest BCUT2D eigenvalue weighted by Gasteiger charge is -2.27. The van der Waals surface area contributed by atoms with Gasteiger partial charge in [-0.2, -0.15) is 0 Å². The molecule has 0 bridgehead atoms. The molecule has 1 heterocycles. The summed E-state index contributed by atoms with van der Waals surface area (Å²) in [6, 6.07) is 9.49. The Hall–Kier alpha value is -2.10. The van der Waals surface area contributed by atoms with Crippen LogP contribution in [0.1, 0.15) is 26.3 Å². The number of allylic oxidation sites excluding steroid dienone is 1. The molecule has 1 atom stereocenters. The number of imide groups is 1. The van der Waals surface area contributed by atoms with E-state index in [0.717, 1.165) is 5.56 Å². The van der Waals surface area contributed by atoms with Gasteiger partial charge in [0.1, 0.15) is 5.60 Å². The quantitative estimate of drug-likeness (QED) is 0.795. The third-order valence-corrected chi connectivity index (χ3v) is 3.48. The molecule has 0 aliphatic carbocycles. The fourth-order valence-corrected chi connectivity index (χ4v) is 2.42. The van der Waals surface area contributed by atoms with Crippen molar-refractivity contribution in [1.29, 1.82) is 0 Å². The van der Waals surface area contributed by atoms with Gasteiger partial charge in [0.25, 0.3) is 5.91 Å². The summed E-state index contributed by atoms with van der Waals surface area (Å²) in [6.45, 7) is 5.42. The summed E-state index contributed by atoms with van der Waals surface area (Å²) in [5, 5.41) is 0. The zero-order valence-corrected chi connectivity index (χ0v) is 12.0. The van der Waals surface area contributed by atoms with E-state index in [4.69, 9.17) is 4.74 Å². The molecule has 4 heteroatoms. The monoisotopic (exact) mass is 273 g/mol. The Labute approximate surface area is 119 Å². The van der Waals surface area contributed by atoms with Crippen molar-refractivity contribution < 1.29 is 14.3 Å². The van der Waals surface area contributed by atoms with Crippen molar-refractivity contribution in [3.05, 3.63) is 48.0 Å². The van der Waals surface area contributed by atoms with Crippen LogP contribution in [-0.4, -0.2) is 28.5 Å². The van der Waals surface area contributed by atoms with Gasteiger partial charge >= 0.3 is 6.09 Å². The van der Waals surface area contributed by atoms with Crippen molar-refractivity contribution in [2.24, 2.45) is 0 Å². The molecule has 1 fully saturated rings. The number of ether oxygens (including phenoxy) is 1. The number of cyclic esters (lactones) is 1. The molecule has 2 amide bonds. The molecule has 0 saturated carbocycles. The lowest BCUT2D eigenvalue weighted by molar-refractivity contribution is -0.124. The predicted octanol–water partition coefficient (Wildman–Crippen LogP) is 2.93. The lowest BCUT2D eigenvalue weighted by Crippen LogP contribution is -2.45. The van der Waals surface area contributed by atoms with E-state index in [1.165, 1.54) is 11.0 Å². The summed E-state index contributed by atoms with van der Waals surface area (Å²) < 4.78 is 5.35. The summed E-state index contributed by atoms with van der Waals surface area (Å²) in [7, 11) is 0. The number of amides is 2. The zero-order valence-electron chi connectivity index (χ0n) is 12.0. The van der Waals surface area contributed by atoms with Gasteiger partial charge in [0.15, 0.2) is 0 Å². The van der Waals surface area contributed by atoms with E-state index in [1.807, 2.05) is 44.2 Å². The number of carbonyl (C=O) groups excluding carboxylic acids is 2. The highest BCUT2D eigenvalue weighted by atomic mass is 16.6. The Morgan fingerprint density at radius 1 is 1.35 bits per heavy atom. The summed E-state index contributed by atoms with van der Waals surface area (Å²) in [6.07, 6.45) is 3.03. The van der Waals surface area contributed by atoms with Crippen LogP contribution in [0.25, 0.3) is 0 Å². The first-order valence-corrected chi connectivity index (χ1v) is 6.68. The number of nitrogens with zero attached hydrogens (tertiary/aromatic N) is 1. The number of rotatable bonds is 3. The zero-order chi connectivity index (χ0) is 14.8. The van der Waals surface area contributed by atoms with Crippen molar-refractivity contribution in [2.45, 2.75) is 38.8 Å². The Morgan fingerprint density at radius 3 is 2.60 bits per heavy atom. The summed E-state index contributed by atoms with van der Waals surface area (Å²) in [5.41, 5.74) is 0.381. The first-order valence-electron chi connectivity index (χ1n) is 6.68. The van der Waals surface area contributed by atoms with Crippen LogP contribution in [0.3, 0.4) is 0 Å². The fraction of sp³-hybridized carbons (Fsp3) is 0.375. The topological polar surface area (TPSA) is 46.6 Å². The molecular formula is C16H19NO3. The van der Waals surface area contributed by atoms with Crippen molar-refractivity contribution in [3.63, 3.8) is 0 Å². The minimum absolute atomic E-state index is 0.305. The van der Waals surface area contributed by atoms with E-state index in [0.29, 0.717) is 6.42 Å². The van der Waals surface area contributed by atoms with E-state index in [2.05, 4.69) is 0 Å². The van der Waals surface area contributed by atoms with Crippen LogP contribution in [0.2, 0.25) is 0 Å². The van der Waals surface area contributed by atoms with Gasteiger partial charge in [-0.1, -0.05) is 36.4 Å². The molecule has 0 unspecified atom stereocenters. The van der Waals surface area contributed by atoms with Crippen molar-refractivity contribution in [2.75, 3.05) is 0 Å². The first kappa shape index (κ1) is 14.3. The molecule has 0 spiro atoms. The molecule has 1 aromatic rings. The van der Waals surface area contributed by atoms with E-state index in [1.54, 1.807) is 13.0 Å². The highest BCUT2D eigenvalue weighted by Gasteiger charge is 2.49. The minimum atomic E-state index is -0.690. The molecular weight excluding hydrogens is 254 g/mol. The van der Waals surface area contributed by atoms with Gasteiger partial charge in [0.05, 0.1) is 6.04 Å². The van der Waals surface area contributed by atoms with Gasteiger partial charge in [-0.05, 0) is 38.8 Å². The standard InChI is InChI=1S/C16H19NO3/c1-4-8-14(18)17-13(16(2,3)20-15(17)19)11-12-9-6-5-7-10-12/h4-10,13H,11H2,1-3H3/b8-4+/t13-/m0/s1. The van der Waals surface area contributed by atoms with Gasteiger partial charge in [-0.15, -0.1) is 0 Å². The van der Waals surface area contributed by atoms with Crippen molar-refractivity contribution in [1.82, 2.24) is 4.90 Å². The number of hydrogen-bond acceptors (Lipinski definition) is 3. The Bertz CT molecular complexity index is 534. The smallest absolute Gasteiger partial charge is 0.417 e. The first-order chi connectivity index (χ1) is 9.45. The lowest BCUT2D eigenvalue weighted by atomic mass is 9.92. The van der Waals surface area contributed by atoms with Crippen LogP contribution in [0.5, 0.6) is 0 Å². The fourth-order valence-electron chi connectivity index (χ4n) is 2.42. The van der Waals surface area contributed by atoms with Crippen LogP contribution in [0.15, 0.2) is 42.5 Å². The molecule has 0 N–H and O–H groups in total. The molecule has 106 valence electrons. The maximum absolute atomic E-state index is 12.1. The van der Waals surface area contributed by atoms with Crippen LogP contribution >= 0.6 is 0 Å². The number of hydrogen-bond donors (Lipinski definition) is 0. The molecule has 2 rings (SSSR count). The van der Waals surface area contributed by atoms with Gasteiger partial charge in [-0.3, -0.25) is 4.79 Å². The highest BCUT2D eigenvalue weighted by molar-refractivity contribution is 6.00.